The van der Waals surface area contributed by atoms with Gasteiger partial charge in [0.25, 0.3) is 0 Å². The summed E-state index contributed by atoms with van der Waals surface area (Å²) in [6.45, 7) is 5.84. The fourth-order valence-electron chi connectivity index (χ4n) is 3.36. The molecule has 2 N–H and O–H groups in total. The number of benzene rings is 1. The van der Waals surface area contributed by atoms with Crippen LogP contribution in [0.4, 0.5) is 10.9 Å². The topological polar surface area (TPSA) is 79.4 Å². The number of carbonyl (C=O) groups is 1. The summed E-state index contributed by atoms with van der Waals surface area (Å²) in [7, 11) is 0. The number of nitrogens with one attached hydrogen (secondary N) is 2. The number of aryl methyl sites for hydroxylation is 1. The minimum atomic E-state index is 0.0280. The number of thiazole rings is 1. The van der Waals surface area contributed by atoms with E-state index in [1.807, 2.05) is 48.7 Å². The molecule has 0 spiro atoms. The number of ether oxygens (including phenoxy) is 1. The molecule has 9 heteroatoms. The largest absolute Gasteiger partial charge is 0.453 e. The first-order chi connectivity index (χ1) is 15.7. The Morgan fingerprint density at radius 1 is 1.25 bits per heavy atom. The van der Waals surface area contributed by atoms with Gasteiger partial charge >= 0.3 is 0 Å². The van der Waals surface area contributed by atoms with Crippen molar-refractivity contribution in [1.82, 2.24) is 20.2 Å². The van der Waals surface area contributed by atoms with E-state index in [1.54, 1.807) is 6.20 Å². The van der Waals surface area contributed by atoms with Crippen LogP contribution in [0, 0.1) is 6.92 Å². The van der Waals surface area contributed by atoms with E-state index in [1.165, 1.54) is 35.9 Å². The molecule has 0 bridgehead atoms. The molecule has 0 radical (unpaired) electrons. The number of anilines is 2. The fraction of sp³-hybridized carbons (Fsp3) is 0.348. The lowest BCUT2D eigenvalue weighted by Gasteiger charge is -2.15. The number of para-hydroxylation sites is 1. The van der Waals surface area contributed by atoms with E-state index in [0.29, 0.717) is 23.9 Å². The molecule has 1 saturated heterocycles. The molecule has 1 aromatic carbocycles. The van der Waals surface area contributed by atoms with Crippen molar-refractivity contribution in [1.29, 1.82) is 0 Å². The number of aromatic nitrogens is 2. The van der Waals surface area contributed by atoms with Crippen molar-refractivity contribution in [3.8, 4) is 11.5 Å². The lowest BCUT2D eigenvalue weighted by Crippen LogP contribution is -2.34. The van der Waals surface area contributed by atoms with Crippen molar-refractivity contribution in [2.24, 2.45) is 0 Å². The zero-order valence-electron chi connectivity index (χ0n) is 18.0. The van der Waals surface area contributed by atoms with E-state index >= 15 is 0 Å². The summed E-state index contributed by atoms with van der Waals surface area (Å²) in [6, 6.07) is 11.5. The number of carbonyl (C=O) groups excluding carboxylic acids is 1. The molecule has 2 aromatic heterocycles. The Kier molecular flexibility index (Phi) is 7.97. The number of pyridine rings is 1. The van der Waals surface area contributed by atoms with Crippen molar-refractivity contribution >= 4 is 40.0 Å². The fourth-order valence-corrected chi connectivity index (χ4v) is 4.77. The van der Waals surface area contributed by atoms with Gasteiger partial charge in [-0.2, -0.15) is 0 Å². The Hall–Kier alpha value is -2.62. The highest BCUT2D eigenvalue weighted by atomic mass is 32.2. The number of hydrogen-bond acceptors (Lipinski definition) is 8. The maximum atomic E-state index is 12.3. The first-order valence-electron chi connectivity index (χ1n) is 10.7. The predicted molar refractivity (Wildman–Crippen MR) is 130 cm³/mol. The second-order valence-corrected chi connectivity index (χ2v) is 9.45. The van der Waals surface area contributed by atoms with Crippen LogP contribution in [-0.2, 0) is 4.79 Å². The summed E-state index contributed by atoms with van der Waals surface area (Å²) in [5, 5.41) is 8.98. The van der Waals surface area contributed by atoms with Gasteiger partial charge in [-0.25, -0.2) is 9.97 Å². The summed E-state index contributed by atoms with van der Waals surface area (Å²) in [4.78, 5) is 24.5. The highest BCUT2D eigenvalue weighted by Crippen LogP contribution is 2.34. The van der Waals surface area contributed by atoms with Gasteiger partial charge in [0.05, 0.1) is 11.4 Å². The number of hydrogen-bond donors (Lipinski definition) is 2. The smallest absolute Gasteiger partial charge is 0.230 e. The van der Waals surface area contributed by atoms with Crippen LogP contribution in [0.3, 0.4) is 0 Å². The van der Waals surface area contributed by atoms with Crippen LogP contribution >= 0.6 is 23.1 Å². The lowest BCUT2D eigenvalue weighted by molar-refractivity contribution is -0.118. The zero-order chi connectivity index (χ0) is 22.2. The predicted octanol–water partition coefficient (Wildman–Crippen LogP) is 4.69. The first-order valence-corrected chi connectivity index (χ1v) is 12.6. The van der Waals surface area contributed by atoms with Crippen molar-refractivity contribution in [2.75, 3.05) is 37.2 Å². The Bertz CT molecular complexity index is 1020. The normalized spacial score (nSPS) is 13.8. The van der Waals surface area contributed by atoms with E-state index in [9.17, 15) is 4.79 Å². The van der Waals surface area contributed by atoms with Gasteiger partial charge < -0.3 is 20.3 Å². The third-order valence-electron chi connectivity index (χ3n) is 4.96. The van der Waals surface area contributed by atoms with Crippen LogP contribution < -0.4 is 15.4 Å². The van der Waals surface area contributed by atoms with Gasteiger partial charge in [-0.1, -0.05) is 18.2 Å². The van der Waals surface area contributed by atoms with Gasteiger partial charge in [-0.05, 0) is 51.1 Å². The molecule has 7 nitrogen and oxygen atoms in total. The van der Waals surface area contributed by atoms with Gasteiger partial charge in [0.15, 0.2) is 16.7 Å². The average molecular weight is 470 g/mol. The second kappa shape index (κ2) is 11.3. The van der Waals surface area contributed by atoms with E-state index < -0.39 is 0 Å². The molecule has 32 heavy (non-hydrogen) atoms. The number of rotatable bonds is 10. The molecule has 0 unspecified atom stereocenters. The quantitative estimate of drug-likeness (QED) is 0.417. The number of nitrogens with zero attached hydrogens (tertiary/aromatic N) is 3. The Morgan fingerprint density at radius 3 is 2.81 bits per heavy atom. The summed E-state index contributed by atoms with van der Waals surface area (Å²) >= 11 is 2.96. The van der Waals surface area contributed by atoms with Crippen LogP contribution in [0.15, 0.2) is 52.9 Å². The van der Waals surface area contributed by atoms with Crippen LogP contribution in [0.5, 0.6) is 11.5 Å². The van der Waals surface area contributed by atoms with E-state index in [-0.39, 0.29) is 5.91 Å². The minimum absolute atomic E-state index is 0.0280. The van der Waals surface area contributed by atoms with Gasteiger partial charge in [0.2, 0.25) is 5.91 Å². The minimum Gasteiger partial charge on any atom is -0.453 e. The summed E-state index contributed by atoms with van der Waals surface area (Å²) in [5.74, 6) is 2.26. The average Bonchev–Trinajstić information content (AvgIpc) is 3.46. The number of likely N-dealkylation sites (tertiary alicyclic amines) is 1. The van der Waals surface area contributed by atoms with Gasteiger partial charge in [0.1, 0.15) is 5.75 Å². The molecule has 3 heterocycles. The molecule has 1 aliphatic rings. The molecular weight excluding hydrogens is 442 g/mol. The van der Waals surface area contributed by atoms with E-state index in [2.05, 4.69) is 25.5 Å². The highest BCUT2D eigenvalue weighted by Gasteiger charge is 2.13. The van der Waals surface area contributed by atoms with Crippen molar-refractivity contribution < 1.29 is 9.53 Å². The first kappa shape index (κ1) is 22.6. The van der Waals surface area contributed by atoms with Gasteiger partial charge in [-0.3, -0.25) is 4.79 Å². The van der Waals surface area contributed by atoms with Crippen molar-refractivity contribution in [3.63, 3.8) is 0 Å². The van der Waals surface area contributed by atoms with Crippen LogP contribution in [0.25, 0.3) is 0 Å². The Morgan fingerprint density at radius 2 is 2.06 bits per heavy atom. The standard InChI is InChI=1S/C23H27N5O2S2/c1-17-15-32-23(26-17)27-22-20(30-18-7-3-2-4-8-18)13-19(14-25-22)31-16-21(29)24-9-12-28-10-5-6-11-28/h2-4,7-8,13-15H,5-6,9-12,16H2,1H3,(H,24,29)(H,25,26,27). The highest BCUT2D eigenvalue weighted by molar-refractivity contribution is 8.00. The SMILES string of the molecule is Cc1csc(Nc2ncc(SCC(=O)NCCN3CCCC3)cc2Oc2ccccc2)n1. The Labute approximate surface area is 196 Å². The summed E-state index contributed by atoms with van der Waals surface area (Å²) < 4.78 is 6.09. The molecule has 4 rings (SSSR count). The van der Waals surface area contributed by atoms with Crippen LogP contribution in [0.2, 0.25) is 0 Å². The van der Waals surface area contributed by atoms with Crippen LogP contribution in [0.1, 0.15) is 18.5 Å². The molecule has 0 aliphatic carbocycles. The number of thioether (sulfide) groups is 1. The molecule has 168 valence electrons. The summed E-state index contributed by atoms with van der Waals surface area (Å²) in [6.07, 6.45) is 4.28. The molecule has 1 aliphatic heterocycles. The van der Waals surface area contributed by atoms with Crippen molar-refractivity contribution in [3.05, 3.63) is 53.7 Å². The maximum absolute atomic E-state index is 12.3. The van der Waals surface area contributed by atoms with Gasteiger partial charge in [-0.15, -0.1) is 23.1 Å². The third kappa shape index (κ3) is 6.69. The second-order valence-electron chi connectivity index (χ2n) is 7.54. The molecule has 1 fully saturated rings. The maximum Gasteiger partial charge on any atom is 0.230 e. The molecule has 0 atom stereocenters. The summed E-state index contributed by atoms with van der Waals surface area (Å²) in [5.41, 5.74) is 0.950. The van der Waals surface area contributed by atoms with Crippen LogP contribution in [-0.4, -0.2) is 52.7 Å². The monoisotopic (exact) mass is 469 g/mol. The third-order valence-corrected chi connectivity index (χ3v) is 6.80. The van der Waals surface area contributed by atoms with E-state index in [0.717, 1.165) is 41.1 Å². The molecule has 3 aromatic rings. The zero-order valence-corrected chi connectivity index (χ0v) is 19.7. The van der Waals surface area contributed by atoms with E-state index in [4.69, 9.17) is 4.74 Å². The molecule has 0 saturated carbocycles. The Balaban J connectivity index is 1.38. The number of amides is 1. The molecular formula is C23H27N5O2S2. The molecule has 1 amide bonds. The van der Waals surface area contributed by atoms with Crippen molar-refractivity contribution in [2.45, 2.75) is 24.7 Å². The van der Waals surface area contributed by atoms with Gasteiger partial charge in [0, 0.05) is 29.6 Å². The lowest BCUT2D eigenvalue weighted by atomic mass is 10.3.